The third-order valence-electron chi connectivity index (χ3n) is 3.80. The molecule has 6 nitrogen and oxygen atoms in total. The van der Waals surface area contributed by atoms with Crippen molar-refractivity contribution in [3.8, 4) is 5.75 Å². The number of guanidine groups is 1. The van der Waals surface area contributed by atoms with E-state index >= 15 is 0 Å². The predicted molar refractivity (Wildman–Crippen MR) is 104 cm³/mol. The molecule has 0 aromatic heterocycles. The van der Waals surface area contributed by atoms with Crippen LogP contribution in [0, 0.1) is 0 Å². The zero-order valence-corrected chi connectivity index (χ0v) is 15.9. The van der Waals surface area contributed by atoms with Gasteiger partial charge in [-0.1, -0.05) is 30.3 Å². The molecule has 0 atom stereocenters. The van der Waals surface area contributed by atoms with E-state index in [4.69, 9.17) is 4.74 Å². The summed E-state index contributed by atoms with van der Waals surface area (Å²) in [5.74, 6) is 1.53. The van der Waals surface area contributed by atoms with E-state index in [9.17, 15) is 8.42 Å². The minimum Gasteiger partial charge on any atom is -0.497 e. The van der Waals surface area contributed by atoms with Gasteiger partial charge in [0.1, 0.15) is 5.75 Å². The molecule has 0 amide bonds. The lowest BCUT2D eigenvalue weighted by atomic mass is 10.2. The van der Waals surface area contributed by atoms with Crippen molar-refractivity contribution in [3.05, 3.63) is 60.2 Å². The van der Waals surface area contributed by atoms with Crippen LogP contribution in [-0.4, -0.2) is 40.8 Å². The summed E-state index contributed by atoms with van der Waals surface area (Å²) in [5, 5.41) is 6.34. The number of nitrogens with zero attached hydrogens (tertiary/aromatic N) is 1. The number of rotatable bonds is 8. The summed E-state index contributed by atoms with van der Waals surface area (Å²) in [6.45, 7) is 1.11. The number of hydrogen-bond acceptors (Lipinski definition) is 4. The molecule has 26 heavy (non-hydrogen) atoms. The standard InChI is InChI=1S/C19H25N3O3S/c1-20-19(22-15-16-8-6-9-17(14-16)25-2)21-12-7-13-26(23,24)18-10-4-3-5-11-18/h3-6,8-11,14H,7,12-13,15H2,1-2H3,(H2,20,21,22). The van der Waals surface area contributed by atoms with E-state index in [0.717, 1.165) is 11.3 Å². The molecule has 140 valence electrons. The van der Waals surface area contributed by atoms with E-state index in [0.29, 0.717) is 30.4 Å². The van der Waals surface area contributed by atoms with E-state index in [2.05, 4.69) is 15.6 Å². The molecular formula is C19H25N3O3S. The summed E-state index contributed by atoms with van der Waals surface area (Å²) in [6, 6.07) is 16.3. The fraction of sp³-hybridized carbons (Fsp3) is 0.316. The number of methoxy groups -OCH3 is 1. The second-order valence-corrected chi connectivity index (χ2v) is 7.80. The average molecular weight is 375 g/mol. The van der Waals surface area contributed by atoms with Gasteiger partial charge in [0.2, 0.25) is 0 Å². The van der Waals surface area contributed by atoms with Gasteiger partial charge in [0.15, 0.2) is 15.8 Å². The summed E-state index contributed by atoms with van der Waals surface area (Å²) >= 11 is 0. The first-order chi connectivity index (χ1) is 12.5. The van der Waals surface area contributed by atoms with Gasteiger partial charge < -0.3 is 15.4 Å². The number of hydrogen-bond donors (Lipinski definition) is 2. The van der Waals surface area contributed by atoms with Crippen LogP contribution >= 0.6 is 0 Å². The maximum atomic E-state index is 12.2. The summed E-state index contributed by atoms with van der Waals surface area (Å²) in [4.78, 5) is 4.51. The Morgan fingerprint density at radius 1 is 1.08 bits per heavy atom. The third-order valence-corrected chi connectivity index (χ3v) is 5.62. The molecule has 0 radical (unpaired) electrons. The Kier molecular flexibility index (Phi) is 7.47. The monoisotopic (exact) mass is 375 g/mol. The molecule has 0 heterocycles. The maximum absolute atomic E-state index is 12.2. The van der Waals surface area contributed by atoms with Crippen LogP contribution in [0.15, 0.2) is 64.5 Å². The third kappa shape index (κ3) is 6.07. The van der Waals surface area contributed by atoms with E-state index in [1.807, 2.05) is 24.3 Å². The number of sulfone groups is 1. The van der Waals surface area contributed by atoms with Crippen LogP contribution in [0.2, 0.25) is 0 Å². The van der Waals surface area contributed by atoms with Gasteiger partial charge in [-0.05, 0) is 36.2 Å². The van der Waals surface area contributed by atoms with E-state index in [-0.39, 0.29) is 5.75 Å². The van der Waals surface area contributed by atoms with Crippen molar-refractivity contribution in [1.82, 2.24) is 10.6 Å². The van der Waals surface area contributed by atoms with E-state index in [1.165, 1.54) is 0 Å². The summed E-state index contributed by atoms with van der Waals surface area (Å²) < 4.78 is 29.7. The molecule has 2 N–H and O–H groups in total. The molecule has 7 heteroatoms. The first-order valence-electron chi connectivity index (χ1n) is 8.40. The normalized spacial score (nSPS) is 11.8. The van der Waals surface area contributed by atoms with Crippen LogP contribution in [-0.2, 0) is 16.4 Å². The zero-order valence-electron chi connectivity index (χ0n) is 15.1. The van der Waals surface area contributed by atoms with Crippen molar-refractivity contribution in [2.75, 3.05) is 26.5 Å². The quantitative estimate of drug-likeness (QED) is 0.420. The van der Waals surface area contributed by atoms with Crippen molar-refractivity contribution in [3.63, 3.8) is 0 Å². The van der Waals surface area contributed by atoms with Crippen LogP contribution in [0.1, 0.15) is 12.0 Å². The highest BCUT2D eigenvalue weighted by Crippen LogP contribution is 2.12. The maximum Gasteiger partial charge on any atom is 0.191 e. The second kappa shape index (κ2) is 9.82. The van der Waals surface area contributed by atoms with E-state index in [1.54, 1.807) is 44.5 Å². The zero-order chi connectivity index (χ0) is 18.8. The first kappa shape index (κ1) is 19.8. The molecule has 0 bridgehead atoms. The Morgan fingerprint density at radius 2 is 1.85 bits per heavy atom. The molecule has 2 rings (SSSR count). The van der Waals surface area contributed by atoms with Crippen LogP contribution in [0.3, 0.4) is 0 Å². The lowest BCUT2D eigenvalue weighted by Gasteiger charge is -2.12. The smallest absolute Gasteiger partial charge is 0.191 e. The molecule has 0 aliphatic heterocycles. The van der Waals surface area contributed by atoms with Crippen molar-refractivity contribution in [2.24, 2.45) is 4.99 Å². The highest BCUT2D eigenvalue weighted by atomic mass is 32.2. The van der Waals surface area contributed by atoms with Crippen LogP contribution < -0.4 is 15.4 Å². The van der Waals surface area contributed by atoms with Gasteiger partial charge in [-0.25, -0.2) is 8.42 Å². The van der Waals surface area contributed by atoms with Gasteiger partial charge in [0.25, 0.3) is 0 Å². The van der Waals surface area contributed by atoms with Crippen LogP contribution in [0.4, 0.5) is 0 Å². The van der Waals surface area contributed by atoms with E-state index < -0.39 is 9.84 Å². The van der Waals surface area contributed by atoms with Gasteiger partial charge in [-0.2, -0.15) is 0 Å². The first-order valence-corrected chi connectivity index (χ1v) is 10.1. The van der Waals surface area contributed by atoms with Gasteiger partial charge in [0.05, 0.1) is 17.8 Å². The summed E-state index contributed by atoms with van der Waals surface area (Å²) in [5.41, 5.74) is 1.07. The Balaban J connectivity index is 1.77. The number of benzene rings is 2. The van der Waals surface area contributed by atoms with Crippen molar-refractivity contribution in [2.45, 2.75) is 17.9 Å². The minimum absolute atomic E-state index is 0.0941. The van der Waals surface area contributed by atoms with Crippen molar-refractivity contribution in [1.29, 1.82) is 0 Å². The fourth-order valence-corrected chi connectivity index (χ4v) is 3.74. The van der Waals surface area contributed by atoms with Gasteiger partial charge in [-0.3, -0.25) is 4.99 Å². The summed E-state index contributed by atoms with van der Waals surface area (Å²) in [7, 11) is 0.0755. The molecule has 0 saturated carbocycles. The molecule has 0 spiro atoms. The Morgan fingerprint density at radius 3 is 2.54 bits per heavy atom. The highest BCUT2D eigenvalue weighted by molar-refractivity contribution is 7.91. The molecule has 0 aliphatic rings. The largest absolute Gasteiger partial charge is 0.497 e. The Hall–Kier alpha value is -2.54. The fourth-order valence-electron chi connectivity index (χ4n) is 2.40. The predicted octanol–water partition coefficient (Wildman–Crippen LogP) is 2.22. The molecule has 0 fully saturated rings. The molecule has 0 aliphatic carbocycles. The lowest BCUT2D eigenvalue weighted by molar-refractivity contribution is 0.414. The van der Waals surface area contributed by atoms with Gasteiger partial charge in [0, 0.05) is 20.1 Å². The summed E-state index contributed by atoms with van der Waals surface area (Å²) in [6.07, 6.45) is 0.497. The molecular weight excluding hydrogens is 350 g/mol. The number of aliphatic imine (C=N–C) groups is 1. The van der Waals surface area contributed by atoms with Crippen LogP contribution in [0.5, 0.6) is 5.75 Å². The van der Waals surface area contributed by atoms with Crippen molar-refractivity contribution >= 4 is 15.8 Å². The molecule has 2 aromatic carbocycles. The van der Waals surface area contributed by atoms with Gasteiger partial charge >= 0.3 is 0 Å². The topological polar surface area (TPSA) is 79.8 Å². The van der Waals surface area contributed by atoms with Crippen LogP contribution in [0.25, 0.3) is 0 Å². The van der Waals surface area contributed by atoms with Crippen molar-refractivity contribution < 1.29 is 13.2 Å². The number of ether oxygens (including phenoxy) is 1. The number of nitrogens with one attached hydrogen (secondary N) is 2. The Bertz CT molecular complexity index is 821. The average Bonchev–Trinajstić information content (AvgIpc) is 2.68. The van der Waals surface area contributed by atoms with Gasteiger partial charge in [-0.15, -0.1) is 0 Å². The SMILES string of the molecule is CN=C(NCCCS(=O)(=O)c1ccccc1)NCc1cccc(OC)c1. The minimum atomic E-state index is -3.24. The highest BCUT2D eigenvalue weighted by Gasteiger charge is 2.13. The molecule has 2 aromatic rings. The molecule has 0 saturated heterocycles. The second-order valence-electron chi connectivity index (χ2n) is 5.69. The Labute approximate surface area is 155 Å². The lowest BCUT2D eigenvalue weighted by Crippen LogP contribution is -2.37. The molecule has 0 unspecified atom stereocenters.